The second-order valence-corrected chi connectivity index (χ2v) is 1.45. The topological polar surface area (TPSA) is 92.5 Å². The predicted molar refractivity (Wildman–Crippen MR) is 31.7 cm³/mol. The maximum Gasteiger partial charge on any atom is 0.263 e. The molecule has 0 fully saturated rings. The fraction of sp³-hybridized carbons (Fsp3) is 0.667. The SMILES string of the molecule is NCCNc1nn[nH]n1. The lowest BCUT2D eigenvalue weighted by atomic mass is 10.6. The number of hydrogen-bond donors (Lipinski definition) is 3. The molecule has 4 N–H and O–H groups in total. The molecule has 0 saturated carbocycles. The van der Waals surface area contributed by atoms with Gasteiger partial charge in [-0.1, -0.05) is 5.10 Å². The Balaban J connectivity index is 2.30. The Morgan fingerprint density at radius 2 is 2.56 bits per heavy atom. The zero-order valence-electron chi connectivity index (χ0n) is 4.83. The average Bonchev–Trinajstić information content (AvgIpc) is 2.34. The van der Waals surface area contributed by atoms with Crippen LogP contribution in [-0.4, -0.2) is 33.7 Å². The molecule has 0 amide bonds. The molecule has 0 aliphatic rings. The largest absolute Gasteiger partial charge is 0.350 e. The standard InChI is InChI=1S/C3H8N6/c4-1-2-5-3-6-8-9-7-3/h1-2,4H2,(H2,5,6,7,8,9). The van der Waals surface area contributed by atoms with Crippen molar-refractivity contribution in [3.8, 4) is 0 Å². The number of aromatic nitrogens is 4. The third kappa shape index (κ3) is 1.65. The smallest absolute Gasteiger partial charge is 0.263 e. The lowest BCUT2D eigenvalue weighted by molar-refractivity contribution is 0.881. The number of nitrogens with two attached hydrogens (primary N) is 1. The van der Waals surface area contributed by atoms with Gasteiger partial charge >= 0.3 is 0 Å². The second kappa shape index (κ2) is 2.98. The zero-order valence-corrected chi connectivity index (χ0v) is 4.83. The molecular weight excluding hydrogens is 120 g/mol. The summed E-state index contributed by atoms with van der Waals surface area (Å²) in [5, 5.41) is 15.8. The molecule has 50 valence electrons. The Morgan fingerprint density at radius 1 is 1.67 bits per heavy atom. The van der Waals surface area contributed by atoms with Crippen LogP contribution in [-0.2, 0) is 0 Å². The van der Waals surface area contributed by atoms with Crippen molar-refractivity contribution in [2.24, 2.45) is 5.73 Å². The summed E-state index contributed by atoms with van der Waals surface area (Å²) in [4.78, 5) is 0. The van der Waals surface area contributed by atoms with Crippen LogP contribution in [0.4, 0.5) is 5.95 Å². The van der Waals surface area contributed by atoms with Crippen LogP contribution < -0.4 is 11.1 Å². The van der Waals surface area contributed by atoms with E-state index in [0.717, 1.165) is 0 Å². The van der Waals surface area contributed by atoms with E-state index in [-0.39, 0.29) is 0 Å². The van der Waals surface area contributed by atoms with Gasteiger partial charge in [-0.3, -0.25) is 0 Å². The minimum atomic E-state index is 0.487. The molecule has 0 aliphatic carbocycles. The number of tetrazole rings is 1. The molecule has 1 heterocycles. The summed E-state index contributed by atoms with van der Waals surface area (Å²) in [5.74, 6) is 0.487. The van der Waals surface area contributed by atoms with Crippen molar-refractivity contribution < 1.29 is 0 Å². The summed E-state index contributed by atoms with van der Waals surface area (Å²) in [6.07, 6.45) is 0. The molecule has 1 rings (SSSR count). The fourth-order valence-electron chi connectivity index (χ4n) is 0.421. The molecule has 0 atom stereocenters. The van der Waals surface area contributed by atoms with Crippen molar-refractivity contribution in [3.63, 3.8) is 0 Å². The first kappa shape index (κ1) is 5.96. The summed E-state index contributed by atoms with van der Waals surface area (Å²) in [6.45, 7) is 1.23. The van der Waals surface area contributed by atoms with Gasteiger partial charge in [0.2, 0.25) is 0 Å². The van der Waals surface area contributed by atoms with Gasteiger partial charge in [0, 0.05) is 13.1 Å². The summed E-state index contributed by atoms with van der Waals surface area (Å²) < 4.78 is 0. The van der Waals surface area contributed by atoms with Gasteiger partial charge < -0.3 is 11.1 Å². The molecule has 0 bridgehead atoms. The molecule has 6 heteroatoms. The highest BCUT2D eigenvalue weighted by Crippen LogP contribution is 1.85. The molecule has 1 aromatic heterocycles. The molecular formula is C3H8N6. The van der Waals surface area contributed by atoms with E-state index in [4.69, 9.17) is 5.73 Å². The molecule has 1 aromatic rings. The third-order valence-corrected chi connectivity index (χ3v) is 0.773. The highest BCUT2D eigenvalue weighted by atomic mass is 15.5. The van der Waals surface area contributed by atoms with Crippen LogP contribution in [0.25, 0.3) is 0 Å². The summed E-state index contributed by atoms with van der Waals surface area (Å²) >= 11 is 0. The molecule has 9 heavy (non-hydrogen) atoms. The van der Waals surface area contributed by atoms with Gasteiger partial charge in [0.15, 0.2) is 0 Å². The number of hydrogen-bond acceptors (Lipinski definition) is 5. The van der Waals surface area contributed by atoms with E-state index < -0.39 is 0 Å². The van der Waals surface area contributed by atoms with Crippen LogP contribution in [0.1, 0.15) is 0 Å². The van der Waals surface area contributed by atoms with Crippen LogP contribution in [0.3, 0.4) is 0 Å². The molecule has 6 nitrogen and oxygen atoms in total. The Morgan fingerprint density at radius 3 is 3.11 bits per heavy atom. The second-order valence-electron chi connectivity index (χ2n) is 1.45. The monoisotopic (exact) mass is 128 g/mol. The maximum absolute atomic E-state index is 5.20. The average molecular weight is 128 g/mol. The number of nitrogens with one attached hydrogen (secondary N) is 2. The molecule has 0 saturated heterocycles. The van der Waals surface area contributed by atoms with Crippen molar-refractivity contribution in [1.29, 1.82) is 0 Å². The van der Waals surface area contributed by atoms with Crippen LogP contribution in [0.15, 0.2) is 0 Å². The van der Waals surface area contributed by atoms with E-state index in [1.807, 2.05) is 0 Å². The van der Waals surface area contributed by atoms with Crippen LogP contribution >= 0.6 is 0 Å². The lowest BCUT2D eigenvalue weighted by Gasteiger charge is -1.93. The van der Waals surface area contributed by atoms with Gasteiger partial charge in [0.1, 0.15) is 0 Å². The lowest BCUT2D eigenvalue weighted by Crippen LogP contribution is -2.13. The van der Waals surface area contributed by atoms with E-state index in [1.165, 1.54) is 0 Å². The van der Waals surface area contributed by atoms with Crippen molar-refractivity contribution >= 4 is 5.95 Å². The highest BCUT2D eigenvalue weighted by molar-refractivity contribution is 5.17. The van der Waals surface area contributed by atoms with E-state index in [2.05, 4.69) is 25.9 Å². The minimum absolute atomic E-state index is 0.487. The minimum Gasteiger partial charge on any atom is -0.350 e. The number of rotatable bonds is 3. The molecule has 0 unspecified atom stereocenters. The van der Waals surface area contributed by atoms with Gasteiger partial charge in [-0.15, -0.1) is 5.10 Å². The van der Waals surface area contributed by atoms with Crippen LogP contribution in [0.2, 0.25) is 0 Å². The first-order valence-corrected chi connectivity index (χ1v) is 2.61. The highest BCUT2D eigenvalue weighted by Gasteiger charge is 1.90. The molecule has 0 spiro atoms. The molecule has 0 aromatic carbocycles. The van der Waals surface area contributed by atoms with Gasteiger partial charge in [0.25, 0.3) is 5.95 Å². The van der Waals surface area contributed by atoms with Crippen molar-refractivity contribution in [1.82, 2.24) is 20.6 Å². The van der Waals surface area contributed by atoms with Crippen molar-refractivity contribution in [2.45, 2.75) is 0 Å². The van der Waals surface area contributed by atoms with Crippen LogP contribution in [0, 0.1) is 0 Å². The summed E-state index contributed by atoms with van der Waals surface area (Å²) in [7, 11) is 0. The first-order chi connectivity index (χ1) is 4.43. The third-order valence-electron chi connectivity index (χ3n) is 0.773. The Hall–Kier alpha value is -1.17. The number of nitrogens with zero attached hydrogens (tertiary/aromatic N) is 3. The Bertz CT molecular complexity index is 145. The predicted octanol–water partition coefficient (Wildman–Crippen LogP) is -1.43. The van der Waals surface area contributed by atoms with Crippen LogP contribution in [0.5, 0.6) is 0 Å². The fourth-order valence-corrected chi connectivity index (χ4v) is 0.421. The summed E-state index contributed by atoms with van der Waals surface area (Å²) in [6, 6.07) is 0. The molecule has 0 aliphatic heterocycles. The van der Waals surface area contributed by atoms with E-state index in [1.54, 1.807) is 0 Å². The Labute approximate surface area is 51.8 Å². The van der Waals surface area contributed by atoms with Gasteiger partial charge in [-0.25, -0.2) is 0 Å². The quantitative estimate of drug-likeness (QED) is 0.464. The zero-order chi connectivity index (χ0) is 6.53. The maximum atomic E-state index is 5.20. The van der Waals surface area contributed by atoms with E-state index in [9.17, 15) is 0 Å². The Kier molecular flexibility index (Phi) is 1.97. The number of H-pyrrole nitrogens is 1. The van der Waals surface area contributed by atoms with Crippen molar-refractivity contribution in [2.75, 3.05) is 18.4 Å². The van der Waals surface area contributed by atoms with E-state index in [0.29, 0.717) is 19.0 Å². The van der Waals surface area contributed by atoms with Gasteiger partial charge in [0.05, 0.1) is 0 Å². The number of anilines is 1. The number of aromatic amines is 1. The van der Waals surface area contributed by atoms with Gasteiger partial charge in [-0.2, -0.15) is 5.21 Å². The molecule has 0 radical (unpaired) electrons. The van der Waals surface area contributed by atoms with Gasteiger partial charge in [-0.05, 0) is 5.21 Å². The normalized spacial score (nSPS) is 9.44. The first-order valence-electron chi connectivity index (χ1n) is 2.61. The van der Waals surface area contributed by atoms with Crippen molar-refractivity contribution in [3.05, 3.63) is 0 Å². The van der Waals surface area contributed by atoms with E-state index >= 15 is 0 Å². The summed E-state index contributed by atoms with van der Waals surface area (Å²) in [5.41, 5.74) is 5.20.